The summed E-state index contributed by atoms with van der Waals surface area (Å²) in [6.07, 6.45) is 1.90. The Kier molecular flexibility index (Phi) is 6.35. The van der Waals surface area contributed by atoms with E-state index in [4.69, 9.17) is 4.74 Å². The number of fused-ring (bicyclic) bond motifs is 1. The molecule has 3 aliphatic rings. The van der Waals surface area contributed by atoms with Crippen molar-refractivity contribution in [2.75, 3.05) is 43.0 Å². The minimum Gasteiger partial charge on any atom is -0.463 e. The van der Waals surface area contributed by atoms with Gasteiger partial charge in [-0.25, -0.2) is 14.0 Å². The van der Waals surface area contributed by atoms with E-state index in [1.165, 1.54) is 6.07 Å². The molecule has 2 aromatic rings. The Balaban J connectivity index is 1.45. The SMILES string of the molecule is CCOC(=O)C1=C(C)Nc2c(c(N3CCN(Cc4ccccc4F)CC3)nc(=O)n2C2CC2)C1C. The molecule has 0 amide bonds. The van der Waals surface area contributed by atoms with Gasteiger partial charge in [0.2, 0.25) is 0 Å². The van der Waals surface area contributed by atoms with Crippen LogP contribution in [0.25, 0.3) is 0 Å². The van der Waals surface area contributed by atoms with Crippen molar-refractivity contribution in [2.45, 2.75) is 52.1 Å². The Bertz CT molecular complexity index is 1230. The molecule has 3 heterocycles. The maximum atomic E-state index is 14.1. The van der Waals surface area contributed by atoms with Gasteiger partial charge in [0.05, 0.1) is 12.2 Å². The largest absolute Gasteiger partial charge is 0.463 e. The van der Waals surface area contributed by atoms with Gasteiger partial charge in [-0.1, -0.05) is 25.1 Å². The van der Waals surface area contributed by atoms with Crippen molar-refractivity contribution in [2.24, 2.45) is 0 Å². The fourth-order valence-corrected chi connectivity index (χ4v) is 5.21. The van der Waals surface area contributed by atoms with Gasteiger partial charge < -0.3 is 15.0 Å². The number of aromatic nitrogens is 2. The summed E-state index contributed by atoms with van der Waals surface area (Å²) in [5.41, 5.74) is 2.57. The highest BCUT2D eigenvalue weighted by molar-refractivity contribution is 5.94. The van der Waals surface area contributed by atoms with Crippen LogP contribution in [0.4, 0.5) is 16.0 Å². The molecule has 35 heavy (non-hydrogen) atoms. The first kappa shape index (κ1) is 23.5. The van der Waals surface area contributed by atoms with Crippen LogP contribution in [-0.4, -0.2) is 53.2 Å². The molecule has 0 bridgehead atoms. The quantitative estimate of drug-likeness (QED) is 0.634. The van der Waals surface area contributed by atoms with Crippen molar-refractivity contribution in [1.82, 2.24) is 14.5 Å². The maximum Gasteiger partial charge on any atom is 0.351 e. The number of benzene rings is 1. The molecule has 0 radical (unpaired) electrons. The highest BCUT2D eigenvalue weighted by atomic mass is 19.1. The number of ether oxygens (including phenoxy) is 1. The minimum absolute atomic E-state index is 0.145. The van der Waals surface area contributed by atoms with Crippen molar-refractivity contribution in [1.29, 1.82) is 0 Å². The average Bonchev–Trinajstić information content (AvgIpc) is 3.66. The standard InChI is InChI=1S/C26H32FN5O3/c1-4-35-25(33)21-16(2)22-23(29-26(34)32(19-9-10-19)24(22)28-17(21)3)31-13-11-30(12-14-31)15-18-7-5-6-8-20(18)27/h5-8,16,19,28H,4,9-15H2,1-3H3. The molecule has 0 spiro atoms. The molecule has 1 aliphatic carbocycles. The number of halogens is 1. The van der Waals surface area contributed by atoms with E-state index in [1.807, 2.05) is 26.0 Å². The van der Waals surface area contributed by atoms with E-state index >= 15 is 0 Å². The van der Waals surface area contributed by atoms with Gasteiger partial charge in [0.1, 0.15) is 17.5 Å². The van der Waals surface area contributed by atoms with Gasteiger partial charge in [-0.3, -0.25) is 9.47 Å². The summed E-state index contributed by atoms with van der Waals surface area (Å²) in [5, 5.41) is 3.36. The zero-order chi connectivity index (χ0) is 24.7. The molecule has 186 valence electrons. The number of anilines is 2. The number of nitrogens with zero attached hydrogens (tertiary/aromatic N) is 4. The molecular weight excluding hydrogens is 449 g/mol. The number of hydrogen-bond donors (Lipinski definition) is 1. The molecule has 1 saturated carbocycles. The zero-order valence-electron chi connectivity index (χ0n) is 20.5. The van der Waals surface area contributed by atoms with Crippen LogP contribution < -0.4 is 15.9 Å². The van der Waals surface area contributed by atoms with Gasteiger partial charge >= 0.3 is 11.7 Å². The predicted molar refractivity (Wildman–Crippen MR) is 132 cm³/mol. The van der Waals surface area contributed by atoms with E-state index in [0.717, 1.165) is 37.3 Å². The summed E-state index contributed by atoms with van der Waals surface area (Å²) in [6, 6.07) is 7.00. The highest BCUT2D eigenvalue weighted by Crippen LogP contribution is 2.45. The molecular formula is C26H32FN5O3. The van der Waals surface area contributed by atoms with Crippen LogP contribution in [-0.2, 0) is 16.1 Å². The Hall–Kier alpha value is -3.20. The first-order chi connectivity index (χ1) is 16.9. The first-order valence-electron chi connectivity index (χ1n) is 12.4. The van der Waals surface area contributed by atoms with E-state index in [-0.39, 0.29) is 29.4 Å². The Morgan fingerprint density at radius 1 is 1.20 bits per heavy atom. The normalized spacial score (nSPS) is 20.5. The number of allylic oxidation sites excluding steroid dienone is 1. The lowest BCUT2D eigenvalue weighted by Gasteiger charge is -2.38. The van der Waals surface area contributed by atoms with Crippen molar-refractivity contribution >= 4 is 17.6 Å². The zero-order valence-corrected chi connectivity index (χ0v) is 20.5. The molecule has 8 nitrogen and oxygen atoms in total. The monoisotopic (exact) mass is 481 g/mol. The molecule has 1 aromatic carbocycles. The van der Waals surface area contributed by atoms with Gasteiger partial charge in [0.15, 0.2) is 0 Å². The lowest BCUT2D eigenvalue weighted by molar-refractivity contribution is -0.138. The number of rotatable bonds is 6. The minimum atomic E-state index is -0.347. The Morgan fingerprint density at radius 3 is 2.57 bits per heavy atom. The lowest BCUT2D eigenvalue weighted by atomic mass is 9.88. The number of piperazine rings is 1. The first-order valence-corrected chi connectivity index (χ1v) is 12.4. The van der Waals surface area contributed by atoms with E-state index in [9.17, 15) is 14.0 Å². The number of carbonyl (C=O) groups is 1. The van der Waals surface area contributed by atoms with Crippen LogP contribution in [0, 0.1) is 5.82 Å². The number of esters is 1. The summed E-state index contributed by atoms with van der Waals surface area (Å²) in [7, 11) is 0. The van der Waals surface area contributed by atoms with Crippen molar-refractivity contribution in [3.8, 4) is 0 Å². The number of nitrogens with one attached hydrogen (secondary N) is 1. The Morgan fingerprint density at radius 2 is 1.91 bits per heavy atom. The molecule has 5 rings (SSSR count). The summed E-state index contributed by atoms with van der Waals surface area (Å²) in [5.74, 6) is 0.564. The van der Waals surface area contributed by atoms with Crippen LogP contribution >= 0.6 is 0 Å². The number of carbonyl (C=O) groups excluding carboxylic acids is 1. The summed E-state index contributed by atoms with van der Waals surface area (Å²) in [4.78, 5) is 34.8. The predicted octanol–water partition coefficient (Wildman–Crippen LogP) is 3.41. The molecule has 2 fully saturated rings. The molecule has 1 unspecified atom stereocenters. The summed E-state index contributed by atoms with van der Waals surface area (Å²) in [6.45, 7) is 9.23. The molecule has 2 aliphatic heterocycles. The summed E-state index contributed by atoms with van der Waals surface area (Å²) >= 11 is 0. The summed E-state index contributed by atoms with van der Waals surface area (Å²) < 4.78 is 21.2. The topological polar surface area (TPSA) is 79.7 Å². The second kappa shape index (κ2) is 9.45. The maximum absolute atomic E-state index is 14.1. The third kappa shape index (κ3) is 4.45. The van der Waals surface area contributed by atoms with Crippen LogP contribution in [0.1, 0.15) is 56.7 Å². The fourth-order valence-electron chi connectivity index (χ4n) is 5.21. The molecule has 9 heteroatoms. The van der Waals surface area contributed by atoms with Crippen LogP contribution in [0.5, 0.6) is 0 Å². The van der Waals surface area contributed by atoms with E-state index in [0.29, 0.717) is 48.9 Å². The van der Waals surface area contributed by atoms with Crippen molar-refractivity contribution < 1.29 is 13.9 Å². The Labute approximate surface area is 204 Å². The third-order valence-electron chi connectivity index (χ3n) is 7.15. The van der Waals surface area contributed by atoms with Crippen molar-refractivity contribution in [3.05, 3.63) is 63.0 Å². The molecule has 1 atom stereocenters. The van der Waals surface area contributed by atoms with Gasteiger partial charge in [0.25, 0.3) is 0 Å². The van der Waals surface area contributed by atoms with Gasteiger partial charge in [-0.15, -0.1) is 0 Å². The van der Waals surface area contributed by atoms with E-state index in [2.05, 4.69) is 20.1 Å². The van der Waals surface area contributed by atoms with Gasteiger partial charge in [-0.2, -0.15) is 4.98 Å². The lowest BCUT2D eigenvalue weighted by Crippen LogP contribution is -2.48. The van der Waals surface area contributed by atoms with E-state index in [1.54, 1.807) is 17.6 Å². The highest BCUT2D eigenvalue weighted by Gasteiger charge is 2.38. The second-order valence-corrected chi connectivity index (χ2v) is 9.54. The fraction of sp³-hybridized carbons (Fsp3) is 0.500. The van der Waals surface area contributed by atoms with E-state index < -0.39 is 0 Å². The number of hydrogen-bond acceptors (Lipinski definition) is 7. The van der Waals surface area contributed by atoms with Crippen LogP contribution in [0.2, 0.25) is 0 Å². The third-order valence-corrected chi connectivity index (χ3v) is 7.15. The molecule has 1 saturated heterocycles. The van der Waals surface area contributed by atoms with Crippen molar-refractivity contribution in [3.63, 3.8) is 0 Å². The molecule has 1 N–H and O–H groups in total. The van der Waals surface area contributed by atoms with Gasteiger partial charge in [0, 0.05) is 61.5 Å². The average molecular weight is 482 g/mol. The van der Waals surface area contributed by atoms with Crippen LogP contribution in [0.3, 0.4) is 0 Å². The van der Waals surface area contributed by atoms with Crippen LogP contribution in [0.15, 0.2) is 40.3 Å². The second-order valence-electron chi connectivity index (χ2n) is 9.54. The smallest absolute Gasteiger partial charge is 0.351 e. The molecule has 1 aromatic heterocycles. The van der Waals surface area contributed by atoms with Gasteiger partial charge in [-0.05, 0) is 32.8 Å².